The van der Waals surface area contributed by atoms with E-state index in [-0.39, 0.29) is 0 Å². The highest BCUT2D eigenvalue weighted by Gasteiger charge is 2.60. The Morgan fingerprint density at radius 1 is 1.33 bits per heavy atom. The van der Waals surface area contributed by atoms with Crippen molar-refractivity contribution in [1.82, 2.24) is 4.90 Å². The fourth-order valence-corrected chi connectivity index (χ4v) is 3.08. The summed E-state index contributed by atoms with van der Waals surface area (Å²) in [5.74, 6) is 0.895. The van der Waals surface area contributed by atoms with Gasteiger partial charge in [-0.2, -0.15) is 0 Å². The average molecular weight is 202 g/mol. The molecule has 1 aliphatic heterocycles. The third-order valence-corrected chi connectivity index (χ3v) is 4.15. The molecule has 0 unspecified atom stereocenters. The molecule has 1 heterocycles. The summed E-state index contributed by atoms with van der Waals surface area (Å²) in [5.41, 5.74) is 7.71. The van der Waals surface area contributed by atoms with Crippen molar-refractivity contribution in [2.75, 3.05) is 13.1 Å². The molecule has 0 radical (unpaired) electrons. The fraction of sp³-hybridized carbons (Fsp3) is 0.538. The van der Waals surface area contributed by atoms with Crippen molar-refractivity contribution >= 4 is 0 Å². The number of hydrogen-bond acceptors (Lipinski definition) is 2. The second-order valence-electron chi connectivity index (χ2n) is 4.90. The quantitative estimate of drug-likeness (QED) is 0.807. The van der Waals surface area contributed by atoms with Crippen LogP contribution >= 0.6 is 0 Å². The summed E-state index contributed by atoms with van der Waals surface area (Å²) in [7, 11) is 0. The van der Waals surface area contributed by atoms with Crippen LogP contribution < -0.4 is 5.73 Å². The van der Waals surface area contributed by atoms with E-state index in [4.69, 9.17) is 5.73 Å². The number of nitrogens with zero attached hydrogens (tertiary/aromatic N) is 1. The van der Waals surface area contributed by atoms with E-state index in [9.17, 15) is 0 Å². The van der Waals surface area contributed by atoms with Crippen molar-refractivity contribution in [1.29, 1.82) is 0 Å². The Bertz CT molecular complexity index is 345. The van der Waals surface area contributed by atoms with Gasteiger partial charge in [0.05, 0.1) is 0 Å². The monoisotopic (exact) mass is 202 g/mol. The molecule has 80 valence electrons. The van der Waals surface area contributed by atoms with E-state index in [0.29, 0.717) is 5.54 Å². The zero-order chi connectivity index (χ0) is 10.3. The van der Waals surface area contributed by atoms with Gasteiger partial charge in [-0.1, -0.05) is 30.3 Å². The van der Waals surface area contributed by atoms with Crippen molar-refractivity contribution in [3.63, 3.8) is 0 Å². The molecule has 1 aromatic rings. The minimum Gasteiger partial charge on any atom is -0.329 e. The summed E-state index contributed by atoms with van der Waals surface area (Å²) < 4.78 is 0. The minimum absolute atomic E-state index is 0.385. The Morgan fingerprint density at radius 3 is 2.80 bits per heavy atom. The number of piperidine rings is 1. The predicted molar refractivity (Wildman–Crippen MR) is 61.4 cm³/mol. The van der Waals surface area contributed by atoms with Gasteiger partial charge in [-0.3, -0.25) is 4.90 Å². The third-order valence-electron chi connectivity index (χ3n) is 4.15. The zero-order valence-corrected chi connectivity index (χ0v) is 9.02. The lowest BCUT2D eigenvalue weighted by molar-refractivity contribution is 0.206. The van der Waals surface area contributed by atoms with Gasteiger partial charge < -0.3 is 5.73 Å². The molecule has 0 bridgehead atoms. The molecule has 1 aromatic carbocycles. The smallest absolute Gasteiger partial charge is 0.0367 e. The molecule has 15 heavy (non-hydrogen) atoms. The summed E-state index contributed by atoms with van der Waals surface area (Å²) in [4.78, 5) is 2.59. The lowest BCUT2D eigenvalue weighted by Crippen LogP contribution is -2.40. The largest absolute Gasteiger partial charge is 0.329 e. The molecule has 2 heteroatoms. The SMILES string of the molecule is NC[C@]12C[C@@H]1CCN2Cc1ccccc1. The second kappa shape index (κ2) is 3.32. The first-order chi connectivity index (χ1) is 7.35. The van der Waals surface area contributed by atoms with Gasteiger partial charge in [0.25, 0.3) is 0 Å². The fourth-order valence-electron chi connectivity index (χ4n) is 3.08. The van der Waals surface area contributed by atoms with E-state index in [1.165, 1.54) is 24.9 Å². The highest BCUT2D eigenvalue weighted by molar-refractivity contribution is 5.20. The Morgan fingerprint density at radius 2 is 2.13 bits per heavy atom. The summed E-state index contributed by atoms with van der Waals surface area (Å²) >= 11 is 0. The molecule has 2 nitrogen and oxygen atoms in total. The molecular formula is C13H18N2. The molecule has 1 aliphatic carbocycles. The molecule has 1 saturated heterocycles. The first-order valence-corrected chi connectivity index (χ1v) is 5.84. The molecule has 1 saturated carbocycles. The molecule has 2 atom stereocenters. The minimum atomic E-state index is 0.385. The van der Waals surface area contributed by atoms with E-state index in [1.54, 1.807) is 0 Å². The lowest BCUT2D eigenvalue weighted by atomic mass is 10.1. The maximum atomic E-state index is 5.91. The van der Waals surface area contributed by atoms with Crippen LogP contribution in [-0.2, 0) is 6.54 Å². The van der Waals surface area contributed by atoms with Crippen molar-refractivity contribution < 1.29 is 0 Å². The Kier molecular flexibility index (Phi) is 2.08. The lowest BCUT2D eigenvalue weighted by Gasteiger charge is -2.27. The maximum Gasteiger partial charge on any atom is 0.0367 e. The first kappa shape index (κ1) is 9.37. The van der Waals surface area contributed by atoms with Gasteiger partial charge in [0, 0.05) is 18.6 Å². The predicted octanol–water partition coefficient (Wildman–Crippen LogP) is 1.61. The maximum absolute atomic E-state index is 5.91. The van der Waals surface area contributed by atoms with Crippen molar-refractivity contribution in [3.8, 4) is 0 Å². The molecule has 2 fully saturated rings. The van der Waals surface area contributed by atoms with Gasteiger partial charge in [0.2, 0.25) is 0 Å². The summed E-state index contributed by atoms with van der Waals surface area (Å²) in [6.45, 7) is 3.15. The van der Waals surface area contributed by atoms with Crippen molar-refractivity contribution in [2.24, 2.45) is 11.7 Å². The van der Waals surface area contributed by atoms with Crippen molar-refractivity contribution in [3.05, 3.63) is 35.9 Å². The van der Waals surface area contributed by atoms with Crippen LogP contribution in [0.2, 0.25) is 0 Å². The molecule has 2 N–H and O–H groups in total. The summed E-state index contributed by atoms with van der Waals surface area (Å²) in [6.07, 6.45) is 2.68. The summed E-state index contributed by atoms with van der Waals surface area (Å²) in [6, 6.07) is 10.7. The normalized spacial score (nSPS) is 34.1. The van der Waals surface area contributed by atoms with Gasteiger partial charge in [-0.05, 0) is 30.9 Å². The van der Waals surface area contributed by atoms with Gasteiger partial charge >= 0.3 is 0 Å². The standard InChI is InChI=1S/C13H18N2/c14-10-13-8-12(13)6-7-15(13)9-11-4-2-1-3-5-11/h1-5,12H,6-10,14H2/t12-,13+/m0/s1. The van der Waals surface area contributed by atoms with Crippen LogP contribution in [-0.4, -0.2) is 23.5 Å². The van der Waals surface area contributed by atoms with Crippen LogP contribution in [0.3, 0.4) is 0 Å². The topological polar surface area (TPSA) is 29.3 Å². The molecule has 0 spiro atoms. The van der Waals surface area contributed by atoms with Crippen LogP contribution in [0, 0.1) is 5.92 Å². The van der Waals surface area contributed by atoms with Crippen molar-refractivity contribution in [2.45, 2.75) is 24.9 Å². The number of rotatable bonds is 3. The Hall–Kier alpha value is -0.860. The van der Waals surface area contributed by atoms with E-state index < -0.39 is 0 Å². The van der Waals surface area contributed by atoms with Crippen LogP contribution in [0.1, 0.15) is 18.4 Å². The van der Waals surface area contributed by atoms with E-state index in [0.717, 1.165) is 19.0 Å². The number of likely N-dealkylation sites (tertiary alicyclic amines) is 1. The average Bonchev–Trinajstić information content (AvgIpc) is 2.92. The van der Waals surface area contributed by atoms with E-state index >= 15 is 0 Å². The highest BCUT2D eigenvalue weighted by atomic mass is 15.3. The molecule has 0 aromatic heterocycles. The number of hydrogen-bond donors (Lipinski definition) is 1. The summed E-state index contributed by atoms with van der Waals surface area (Å²) in [5, 5.41) is 0. The van der Waals surface area contributed by atoms with Crippen LogP contribution in [0.15, 0.2) is 30.3 Å². The zero-order valence-electron chi connectivity index (χ0n) is 9.02. The third kappa shape index (κ3) is 1.40. The molecular weight excluding hydrogens is 184 g/mol. The van der Waals surface area contributed by atoms with E-state index in [2.05, 4.69) is 35.2 Å². The van der Waals surface area contributed by atoms with Crippen LogP contribution in [0.5, 0.6) is 0 Å². The molecule has 0 amide bonds. The van der Waals surface area contributed by atoms with Gasteiger partial charge in [-0.15, -0.1) is 0 Å². The number of fused-ring (bicyclic) bond motifs is 1. The van der Waals surface area contributed by atoms with Crippen LogP contribution in [0.4, 0.5) is 0 Å². The van der Waals surface area contributed by atoms with Gasteiger partial charge in [-0.25, -0.2) is 0 Å². The van der Waals surface area contributed by atoms with E-state index in [1.807, 2.05) is 0 Å². The Balaban J connectivity index is 1.74. The molecule has 2 aliphatic rings. The van der Waals surface area contributed by atoms with Gasteiger partial charge in [0.15, 0.2) is 0 Å². The highest BCUT2D eigenvalue weighted by Crippen LogP contribution is 2.55. The number of benzene rings is 1. The first-order valence-electron chi connectivity index (χ1n) is 5.84. The number of nitrogens with two attached hydrogens (primary N) is 1. The molecule has 3 rings (SSSR count). The van der Waals surface area contributed by atoms with Gasteiger partial charge in [0.1, 0.15) is 0 Å². The Labute approximate surface area is 91.1 Å². The van der Waals surface area contributed by atoms with Crippen LogP contribution in [0.25, 0.3) is 0 Å². The second-order valence-corrected chi connectivity index (χ2v) is 4.90.